The smallest absolute Gasteiger partial charge is 0.322 e. The fourth-order valence-electron chi connectivity index (χ4n) is 2.64. The number of aryl methyl sites for hydroxylation is 2. The Labute approximate surface area is 169 Å². The topological polar surface area (TPSA) is 82.6 Å². The van der Waals surface area contributed by atoms with Crippen molar-refractivity contribution in [1.82, 2.24) is 9.97 Å². The monoisotopic (exact) mass is 393 g/mol. The molecule has 2 aromatic carbocycles. The highest BCUT2D eigenvalue weighted by Crippen LogP contribution is 2.23. The van der Waals surface area contributed by atoms with E-state index in [4.69, 9.17) is 14.2 Å². The molecule has 0 bridgehead atoms. The van der Waals surface area contributed by atoms with Crippen LogP contribution in [0.5, 0.6) is 23.3 Å². The summed E-state index contributed by atoms with van der Waals surface area (Å²) in [4.78, 5) is 21.0. The second-order valence-electron chi connectivity index (χ2n) is 6.49. The summed E-state index contributed by atoms with van der Waals surface area (Å²) >= 11 is 0. The Morgan fingerprint density at radius 2 is 1.59 bits per heavy atom. The number of carbonyl (C=O) groups is 1. The minimum Gasteiger partial charge on any atom is -0.497 e. The van der Waals surface area contributed by atoms with Crippen LogP contribution in [0.25, 0.3) is 0 Å². The van der Waals surface area contributed by atoms with Crippen molar-refractivity contribution < 1.29 is 19.0 Å². The molecule has 0 aliphatic heterocycles. The summed E-state index contributed by atoms with van der Waals surface area (Å²) in [6.07, 6.45) is -0.685. The number of anilines is 1. The fourth-order valence-corrected chi connectivity index (χ4v) is 2.64. The first kappa shape index (κ1) is 20.1. The number of aromatic nitrogens is 2. The van der Waals surface area contributed by atoms with Crippen LogP contribution in [0.4, 0.5) is 5.69 Å². The van der Waals surface area contributed by atoms with Crippen molar-refractivity contribution >= 4 is 11.6 Å². The molecule has 1 atom stereocenters. The highest BCUT2D eigenvalue weighted by Gasteiger charge is 2.15. The van der Waals surface area contributed by atoms with Gasteiger partial charge in [0, 0.05) is 23.1 Å². The van der Waals surface area contributed by atoms with E-state index < -0.39 is 6.10 Å². The summed E-state index contributed by atoms with van der Waals surface area (Å²) in [5, 5.41) is 2.82. The van der Waals surface area contributed by atoms with Crippen LogP contribution in [0.1, 0.15) is 18.3 Å². The Morgan fingerprint density at radius 3 is 2.24 bits per heavy atom. The molecule has 29 heavy (non-hydrogen) atoms. The Balaban J connectivity index is 1.63. The van der Waals surface area contributed by atoms with Gasteiger partial charge in [-0.15, -0.1) is 0 Å². The summed E-state index contributed by atoms with van der Waals surface area (Å²) in [6, 6.07) is 16.2. The SMILES string of the molecule is COc1ccc(OC(C)C(=O)Nc2cccc(Oc3nc(C)cc(C)n3)c2)cc1. The van der Waals surface area contributed by atoms with Gasteiger partial charge in [0.05, 0.1) is 7.11 Å². The standard InChI is InChI=1S/C22H23N3O4/c1-14-12-15(2)24-22(23-14)29-20-7-5-6-17(13-20)25-21(26)16(3)28-19-10-8-18(27-4)9-11-19/h5-13,16H,1-4H3,(H,25,26). The molecule has 0 saturated carbocycles. The third kappa shape index (κ3) is 5.68. The molecule has 7 nitrogen and oxygen atoms in total. The Morgan fingerprint density at radius 1 is 0.931 bits per heavy atom. The van der Waals surface area contributed by atoms with Gasteiger partial charge in [0.25, 0.3) is 5.91 Å². The maximum Gasteiger partial charge on any atom is 0.322 e. The van der Waals surface area contributed by atoms with Gasteiger partial charge in [0.1, 0.15) is 17.2 Å². The van der Waals surface area contributed by atoms with Gasteiger partial charge in [-0.2, -0.15) is 0 Å². The van der Waals surface area contributed by atoms with E-state index in [-0.39, 0.29) is 11.9 Å². The van der Waals surface area contributed by atoms with Crippen molar-refractivity contribution in [2.24, 2.45) is 0 Å². The molecule has 0 fully saturated rings. The first-order valence-corrected chi connectivity index (χ1v) is 9.15. The van der Waals surface area contributed by atoms with Gasteiger partial charge in [-0.25, -0.2) is 9.97 Å². The van der Waals surface area contributed by atoms with Gasteiger partial charge in [0.15, 0.2) is 6.10 Å². The molecule has 0 saturated heterocycles. The summed E-state index contributed by atoms with van der Waals surface area (Å²) in [7, 11) is 1.59. The van der Waals surface area contributed by atoms with Gasteiger partial charge < -0.3 is 19.5 Å². The maximum atomic E-state index is 12.5. The molecule has 7 heteroatoms. The van der Waals surface area contributed by atoms with Crippen molar-refractivity contribution in [3.63, 3.8) is 0 Å². The van der Waals surface area contributed by atoms with Crippen molar-refractivity contribution in [3.8, 4) is 23.3 Å². The van der Waals surface area contributed by atoms with Crippen molar-refractivity contribution in [3.05, 3.63) is 66.0 Å². The quantitative estimate of drug-likeness (QED) is 0.644. The second kappa shape index (κ2) is 9.05. The Kier molecular flexibility index (Phi) is 6.29. The number of methoxy groups -OCH3 is 1. The van der Waals surface area contributed by atoms with Gasteiger partial charge in [-0.05, 0) is 63.2 Å². The zero-order valence-electron chi connectivity index (χ0n) is 16.8. The number of nitrogens with one attached hydrogen (secondary N) is 1. The Bertz CT molecular complexity index is 969. The van der Waals surface area contributed by atoms with Gasteiger partial charge >= 0.3 is 6.01 Å². The lowest BCUT2D eigenvalue weighted by atomic mass is 10.2. The molecule has 150 valence electrons. The molecule has 0 aliphatic carbocycles. The summed E-state index contributed by atoms with van der Waals surface area (Å²) in [5.74, 6) is 1.55. The highest BCUT2D eigenvalue weighted by molar-refractivity contribution is 5.94. The number of benzene rings is 2. The molecule has 1 unspecified atom stereocenters. The minimum atomic E-state index is -0.685. The molecule has 1 N–H and O–H groups in total. The first-order chi connectivity index (χ1) is 13.9. The lowest BCUT2D eigenvalue weighted by molar-refractivity contribution is -0.122. The number of hydrogen-bond acceptors (Lipinski definition) is 6. The van der Waals surface area contributed by atoms with E-state index in [0.717, 1.165) is 17.1 Å². The number of amides is 1. The van der Waals surface area contributed by atoms with E-state index in [2.05, 4.69) is 15.3 Å². The molecule has 3 rings (SSSR count). The average molecular weight is 393 g/mol. The highest BCUT2D eigenvalue weighted by atomic mass is 16.5. The average Bonchev–Trinajstić information content (AvgIpc) is 2.68. The van der Waals surface area contributed by atoms with Crippen LogP contribution < -0.4 is 19.5 Å². The Hall–Kier alpha value is -3.61. The predicted molar refractivity (Wildman–Crippen MR) is 110 cm³/mol. The van der Waals surface area contributed by atoms with E-state index in [0.29, 0.717) is 17.2 Å². The predicted octanol–water partition coefficient (Wildman–Crippen LogP) is 4.30. The molecular weight excluding hydrogens is 370 g/mol. The lowest BCUT2D eigenvalue weighted by Crippen LogP contribution is -2.30. The van der Waals surface area contributed by atoms with Crippen LogP contribution in [0.15, 0.2) is 54.6 Å². The second-order valence-corrected chi connectivity index (χ2v) is 6.49. The number of rotatable bonds is 7. The van der Waals surface area contributed by atoms with E-state index in [1.54, 1.807) is 62.6 Å². The zero-order chi connectivity index (χ0) is 20.8. The number of nitrogens with zero attached hydrogens (tertiary/aromatic N) is 2. The molecular formula is C22H23N3O4. The lowest BCUT2D eigenvalue weighted by Gasteiger charge is -2.15. The normalized spacial score (nSPS) is 11.4. The van der Waals surface area contributed by atoms with Crippen molar-refractivity contribution in [2.75, 3.05) is 12.4 Å². The number of ether oxygens (including phenoxy) is 3. The van der Waals surface area contributed by atoms with Crippen molar-refractivity contribution in [2.45, 2.75) is 26.9 Å². The fraction of sp³-hybridized carbons (Fsp3) is 0.227. The number of carbonyl (C=O) groups excluding carboxylic acids is 1. The minimum absolute atomic E-state index is 0.266. The van der Waals surface area contributed by atoms with Gasteiger partial charge in [-0.1, -0.05) is 6.07 Å². The summed E-state index contributed by atoms with van der Waals surface area (Å²) < 4.78 is 16.5. The van der Waals surface area contributed by atoms with Crippen LogP contribution in [0, 0.1) is 13.8 Å². The van der Waals surface area contributed by atoms with Crippen LogP contribution in [0.3, 0.4) is 0 Å². The maximum absolute atomic E-state index is 12.5. The summed E-state index contributed by atoms with van der Waals surface area (Å²) in [5.41, 5.74) is 2.23. The largest absolute Gasteiger partial charge is 0.497 e. The van der Waals surface area contributed by atoms with Gasteiger partial charge in [0.2, 0.25) is 0 Å². The van der Waals surface area contributed by atoms with E-state index >= 15 is 0 Å². The molecule has 0 radical (unpaired) electrons. The van der Waals surface area contributed by atoms with Crippen LogP contribution >= 0.6 is 0 Å². The van der Waals surface area contributed by atoms with Crippen LogP contribution in [-0.4, -0.2) is 29.1 Å². The molecule has 1 aromatic heterocycles. The van der Waals surface area contributed by atoms with Gasteiger partial charge in [-0.3, -0.25) is 4.79 Å². The molecule has 0 aliphatic rings. The van der Waals surface area contributed by atoms with E-state index in [1.807, 2.05) is 19.9 Å². The third-order valence-electron chi connectivity index (χ3n) is 4.01. The third-order valence-corrected chi connectivity index (χ3v) is 4.01. The molecule has 1 heterocycles. The molecule has 0 spiro atoms. The molecule has 3 aromatic rings. The summed E-state index contributed by atoms with van der Waals surface area (Å²) in [6.45, 7) is 5.44. The van der Waals surface area contributed by atoms with E-state index in [9.17, 15) is 4.79 Å². The van der Waals surface area contributed by atoms with Crippen LogP contribution in [0.2, 0.25) is 0 Å². The van der Waals surface area contributed by atoms with Crippen molar-refractivity contribution in [1.29, 1.82) is 0 Å². The van der Waals surface area contributed by atoms with Crippen LogP contribution in [-0.2, 0) is 4.79 Å². The zero-order valence-corrected chi connectivity index (χ0v) is 16.8. The molecule has 1 amide bonds. The number of hydrogen-bond donors (Lipinski definition) is 1. The first-order valence-electron chi connectivity index (χ1n) is 9.15. The van der Waals surface area contributed by atoms with E-state index in [1.165, 1.54) is 0 Å².